The van der Waals surface area contributed by atoms with Crippen LogP contribution in [0.25, 0.3) is 0 Å². The highest BCUT2D eigenvalue weighted by Gasteiger charge is 2.20. The average molecular weight is 374 g/mol. The van der Waals surface area contributed by atoms with Gasteiger partial charge in [-0.05, 0) is 18.6 Å². The Hall–Kier alpha value is -2.85. The lowest BCUT2D eigenvalue weighted by molar-refractivity contribution is 0.177. The van der Waals surface area contributed by atoms with Crippen molar-refractivity contribution in [3.63, 3.8) is 0 Å². The number of ether oxygens (including phenoxy) is 1. The second kappa shape index (κ2) is 7.58. The Balaban J connectivity index is 1.89. The molecule has 0 amide bonds. The van der Waals surface area contributed by atoms with E-state index in [-0.39, 0.29) is 11.5 Å². The summed E-state index contributed by atoms with van der Waals surface area (Å²) in [4.78, 5) is 12.4. The summed E-state index contributed by atoms with van der Waals surface area (Å²) in [6.45, 7) is 2.26. The number of nitrogens with one attached hydrogen (secondary N) is 1. The number of nitrogens with zero attached hydrogens (tertiary/aromatic N) is 5. The second-order valence-electron chi connectivity index (χ2n) is 5.52. The summed E-state index contributed by atoms with van der Waals surface area (Å²) in [6.07, 6.45) is 4.37. The fourth-order valence-electron chi connectivity index (χ4n) is 2.40. The maximum absolute atomic E-state index is 12.9. The van der Waals surface area contributed by atoms with Crippen molar-refractivity contribution in [2.45, 2.75) is 25.0 Å². The van der Waals surface area contributed by atoms with Crippen LogP contribution in [-0.4, -0.2) is 40.3 Å². The van der Waals surface area contributed by atoms with Gasteiger partial charge in [0.05, 0.1) is 29.0 Å². The molecule has 0 fully saturated rings. The molecular weight excluding hydrogens is 356 g/mol. The molecule has 0 radical (unpaired) electrons. The van der Waals surface area contributed by atoms with Crippen molar-refractivity contribution < 1.29 is 13.2 Å². The van der Waals surface area contributed by atoms with Crippen LogP contribution in [0.2, 0.25) is 0 Å². The minimum Gasteiger partial charge on any atom is -0.377 e. The molecule has 1 N–H and O–H groups in total. The van der Waals surface area contributed by atoms with E-state index in [4.69, 9.17) is 4.74 Å². The van der Waals surface area contributed by atoms with Crippen LogP contribution in [0.1, 0.15) is 17.1 Å². The van der Waals surface area contributed by atoms with Crippen molar-refractivity contribution in [2.24, 2.45) is 0 Å². The minimum atomic E-state index is -3.82. The summed E-state index contributed by atoms with van der Waals surface area (Å²) < 4.78 is 34.8. The van der Waals surface area contributed by atoms with Crippen molar-refractivity contribution in [1.82, 2.24) is 24.7 Å². The zero-order valence-corrected chi connectivity index (χ0v) is 15.1. The molecular formula is C16H18N6O3S. The summed E-state index contributed by atoms with van der Waals surface area (Å²) >= 11 is 0. The lowest BCUT2D eigenvalue weighted by atomic mass is 10.2. The van der Waals surface area contributed by atoms with Gasteiger partial charge in [0.2, 0.25) is 0 Å². The highest BCUT2D eigenvalue weighted by atomic mass is 32.2. The Bertz CT molecular complexity index is 989. The standard InChI is InChI=1S/C16H18N6O3S/c1-12-14(7-18-16(20-12)9-25-2)21-26(23,24)15-6-4-3-5-13(15)8-22-11-17-10-19-22/h3-7,10-11,21H,8-9H2,1-2H3. The van der Waals surface area contributed by atoms with Crippen molar-refractivity contribution >= 4 is 15.7 Å². The van der Waals surface area contributed by atoms with Gasteiger partial charge in [-0.1, -0.05) is 18.2 Å². The summed E-state index contributed by atoms with van der Waals surface area (Å²) in [5, 5.41) is 4.02. The second-order valence-corrected chi connectivity index (χ2v) is 7.18. The number of hydrogen-bond acceptors (Lipinski definition) is 7. The van der Waals surface area contributed by atoms with E-state index < -0.39 is 10.0 Å². The summed E-state index contributed by atoms with van der Waals surface area (Å²) in [5.41, 5.74) is 1.44. The summed E-state index contributed by atoms with van der Waals surface area (Å²) in [6, 6.07) is 6.73. The molecule has 0 spiro atoms. The summed E-state index contributed by atoms with van der Waals surface area (Å²) in [7, 11) is -2.27. The van der Waals surface area contributed by atoms with Crippen LogP contribution in [0, 0.1) is 6.92 Å². The number of benzene rings is 1. The molecule has 1 aromatic carbocycles. The molecule has 3 rings (SSSR count). The third-order valence-corrected chi connectivity index (χ3v) is 5.07. The molecule has 0 saturated heterocycles. The largest absolute Gasteiger partial charge is 0.377 e. The third-order valence-electron chi connectivity index (χ3n) is 3.61. The van der Waals surface area contributed by atoms with E-state index in [9.17, 15) is 8.42 Å². The lowest BCUT2D eigenvalue weighted by Gasteiger charge is -2.13. The van der Waals surface area contributed by atoms with Crippen molar-refractivity contribution in [3.05, 3.63) is 60.2 Å². The molecule has 3 aromatic rings. The number of aromatic nitrogens is 5. The van der Waals surface area contributed by atoms with Crippen molar-refractivity contribution in [1.29, 1.82) is 0 Å². The van der Waals surface area contributed by atoms with E-state index in [1.54, 1.807) is 43.0 Å². The van der Waals surface area contributed by atoms with Gasteiger partial charge in [0.1, 0.15) is 19.3 Å². The van der Waals surface area contributed by atoms with Gasteiger partial charge in [-0.15, -0.1) is 0 Å². The van der Waals surface area contributed by atoms with Gasteiger partial charge >= 0.3 is 0 Å². The highest BCUT2D eigenvalue weighted by molar-refractivity contribution is 7.92. The Morgan fingerprint density at radius 1 is 1.27 bits per heavy atom. The Morgan fingerprint density at radius 3 is 2.77 bits per heavy atom. The molecule has 2 aromatic heterocycles. The smallest absolute Gasteiger partial charge is 0.262 e. The van der Waals surface area contributed by atoms with Gasteiger partial charge in [-0.25, -0.2) is 28.1 Å². The molecule has 0 aliphatic heterocycles. The van der Waals surface area contributed by atoms with Gasteiger partial charge in [-0.2, -0.15) is 5.10 Å². The number of rotatable bonds is 7. The molecule has 0 saturated carbocycles. The molecule has 0 unspecified atom stereocenters. The van der Waals surface area contributed by atoms with Gasteiger partial charge in [0, 0.05) is 7.11 Å². The predicted octanol–water partition coefficient (Wildman–Crippen LogP) is 1.37. The molecule has 0 aliphatic carbocycles. The average Bonchev–Trinajstić information content (AvgIpc) is 3.11. The number of methoxy groups -OCH3 is 1. The number of anilines is 1. The first-order valence-corrected chi connectivity index (χ1v) is 9.22. The predicted molar refractivity (Wildman–Crippen MR) is 93.9 cm³/mol. The van der Waals surface area contributed by atoms with Crippen LogP contribution >= 0.6 is 0 Å². The molecule has 136 valence electrons. The Kier molecular flexibility index (Phi) is 5.24. The number of sulfonamides is 1. The van der Waals surface area contributed by atoms with Crippen molar-refractivity contribution in [3.8, 4) is 0 Å². The molecule has 0 aliphatic rings. The Labute approximate surface area is 151 Å². The van der Waals surface area contributed by atoms with Gasteiger partial charge in [-0.3, -0.25) is 4.72 Å². The first kappa shape index (κ1) is 18.0. The quantitative estimate of drug-likeness (QED) is 0.665. The fourth-order valence-corrected chi connectivity index (χ4v) is 3.73. The number of aryl methyl sites for hydroxylation is 1. The van der Waals surface area contributed by atoms with E-state index in [1.807, 2.05) is 0 Å². The van der Waals surface area contributed by atoms with E-state index >= 15 is 0 Å². The molecule has 26 heavy (non-hydrogen) atoms. The lowest BCUT2D eigenvalue weighted by Crippen LogP contribution is -2.17. The van der Waals surface area contributed by atoms with Crippen LogP contribution in [0.15, 0.2) is 48.0 Å². The molecule has 10 heteroatoms. The van der Waals surface area contributed by atoms with Gasteiger partial charge in [0.15, 0.2) is 5.82 Å². The monoisotopic (exact) mass is 374 g/mol. The highest BCUT2D eigenvalue weighted by Crippen LogP contribution is 2.21. The summed E-state index contributed by atoms with van der Waals surface area (Å²) in [5.74, 6) is 0.486. The van der Waals surface area contributed by atoms with Crippen molar-refractivity contribution in [2.75, 3.05) is 11.8 Å². The number of hydrogen-bond donors (Lipinski definition) is 1. The van der Waals surface area contributed by atoms with E-state index in [0.29, 0.717) is 29.3 Å². The molecule has 0 atom stereocenters. The van der Waals surface area contributed by atoms with Crippen LogP contribution in [0.5, 0.6) is 0 Å². The first-order valence-electron chi connectivity index (χ1n) is 7.74. The van der Waals surface area contributed by atoms with E-state index in [2.05, 4.69) is 24.8 Å². The maximum Gasteiger partial charge on any atom is 0.262 e. The SMILES string of the molecule is COCc1ncc(NS(=O)(=O)c2ccccc2Cn2cncn2)c(C)n1. The zero-order valence-electron chi connectivity index (χ0n) is 14.3. The zero-order chi connectivity index (χ0) is 18.6. The third kappa shape index (κ3) is 4.03. The van der Waals surface area contributed by atoms with Crippen LogP contribution in [-0.2, 0) is 27.9 Å². The minimum absolute atomic E-state index is 0.163. The van der Waals surface area contributed by atoms with Crippen LogP contribution in [0.3, 0.4) is 0 Å². The maximum atomic E-state index is 12.9. The normalized spacial score (nSPS) is 11.5. The first-order chi connectivity index (χ1) is 12.5. The molecule has 0 bridgehead atoms. The topological polar surface area (TPSA) is 112 Å². The van der Waals surface area contributed by atoms with Gasteiger partial charge in [0.25, 0.3) is 10.0 Å². The van der Waals surface area contributed by atoms with E-state index in [1.165, 1.54) is 18.9 Å². The van der Waals surface area contributed by atoms with Crippen LogP contribution in [0.4, 0.5) is 5.69 Å². The van der Waals surface area contributed by atoms with Crippen LogP contribution < -0.4 is 4.72 Å². The van der Waals surface area contributed by atoms with E-state index in [0.717, 1.165) is 0 Å². The van der Waals surface area contributed by atoms with Gasteiger partial charge < -0.3 is 4.74 Å². The fraction of sp³-hybridized carbons (Fsp3) is 0.250. The molecule has 2 heterocycles. The Morgan fingerprint density at radius 2 is 2.08 bits per heavy atom. The molecule has 9 nitrogen and oxygen atoms in total.